The second kappa shape index (κ2) is 5.54. The highest BCUT2D eigenvalue weighted by Gasteiger charge is 2.46. The third-order valence-electron chi connectivity index (χ3n) is 2.51. The fraction of sp³-hybridized carbons (Fsp3) is 0.364. The molecule has 1 saturated heterocycles. The number of benzene rings is 1. The Morgan fingerprint density at radius 1 is 1.52 bits per heavy atom. The maximum Gasteiger partial charge on any atom is 0.411 e. The van der Waals surface area contributed by atoms with E-state index in [9.17, 15) is 26.5 Å². The van der Waals surface area contributed by atoms with Gasteiger partial charge in [-0.15, -0.1) is 0 Å². The topological polar surface area (TPSA) is 108 Å². The first kappa shape index (κ1) is 15.6. The molecule has 0 aromatic heterocycles. The second-order valence-corrected chi connectivity index (χ2v) is 5.64. The van der Waals surface area contributed by atoms with Crippen LogP contribution >= 0.6 is 0 Å². The van der Waals surface area contributed by atoms with Crippen LogP contribution in [0.4, 0.5) is 14.5 Å². The van der Waals surface area contributed by atoms with Crippen molar-refractivity contribution in [3.8, 4) is 5.75 Å². The maximum atomic E-state index is 13.0. The Kier molecular flexibility index (Phi) is 4.12. The van der Waals surface area contributed by atoms with Gasteiger partial charge >= 0.3 is 11.2 Å². The highest BCUT2D eigenvalue weighted by molar-refractivity contribution is 7.87. The first-order valence-corrected chi connectivity index (χ1v) is 7.10. The van der Waals surface area contributed by atoms with Crippen LogP contribution in [-0.4, -0.2) is 43.5 Å². The molecule has 0 saturated carbocycles. The Bertz CT molecular complexity index is 644. The summed E-state index contributed by atoms with van der Waals surface area (Å²) >= 11 is 0. The van der Waals surface area contributed by atoms with Crippen molar-refractivity contribution in [2.24, 2.45) is 0 Å². The van der Waals surface area contributed by atoms with Gasteiger partial charge in [-0.1, -0.05) is 6.07 Å². The van der Waals surface area contributed by atoms with E-state index in [4.69, 9.17) is 9.47 Å². The van der Waals surface area contributed by atoms with Gasteiger partial charge in [-0.2, -0.15) is 8.78 Å². The highest BCUT2D eigenvalue weighted by atomic mass is 32.2. The van der Waals surface area contributed by atoms with Gasteiger partial charge in [0, 0.05) is 11.8 Å². The van der Waals surface area contributed by atoms with Crippen molar-refractivity contribution >= 4 is 21.7 Å². The zero-order valence-corrected chi connectivity index (χ0v) is 11.2. The zero-order chi connectivity index (χ0) is 15.7. The van der Waals surface area contributed by atoms with E-state index in [0.717, 1.165) is 0 Å². The quantitative estimate of drug-likeness (QED) is 0.605. The van der Waals surface area contributed by atoms with E-state index in [2.05, 4.69) is 0 Å². The molecule has 1 unspecified atom stereocenters. The smallest absolute Gasteiger partial charge is 0.411 e. The molecule has 1 aromatic carbocycles. The number of carbonyl (C=O) groups is 1. The third kappa shape index (κ3) is 3.86. The van der Waals surface area contributed by atoms with Crippen molar-refractivity contribution in [2.75, 3.05) is 18.5 Å². The van der Waals surface area contributed by atoms with Crippen LogP contribution in [-0.2, 0) is 19.6 Å². The number of halogens is 2. The van der Waals surface area contributed by atoms with Gasteiger partial charge in [0.05, 0.1) is 6.61 Å². The second-order valence-electron chi connectivity index (χ2n) is 4.22. The summed E-state index contributed by atoms with van der Waals surface area (Å²) in [7, 11) is -6.09. The van der Waals surface area contributed by atoms with E-state index in [1.165, 1.54) is 24.3 Å². The Morgan fingerprint density at radius 3 is 2.76 bits per heavy atom. The Labute approximate surface area is 118 Å². The van der Waals surface area contributed by atoms with Crippen LogP contribution in [0.25, 0.3) is 0 Å². The van der Waals surface area contributed by atoms with Gasteiger partial charge in [0.25, 0.3) is 0 Å². The van der Waals surface area contributed by atoms with Gasteiger partial charge in [0.1, 0.15) is 18.5 Å². The van der Waals surface area contributed by atoms with Crippen molar-refractivity contribution in [1.82, 2.24) is 0 Å². The van der Waals surface area contributed by atoms with Gasteiger partial charge < -0.3 is 19.3 Å². The van der Waals surface area contributed by atoms with Crippen molar-refractivity contribution in [3.63, 3.8) is 0 Å². The summed E-state index contributed by atoms with van der Waals surface area (Å²) in [5, 5.41) is -3.40. The maximum absolute atomic E-state index is 13.0. The molecule has 0 bridgehead atoms. The lowest BCUT2D eigenvalue weighted by Crippen LogP contribution is -2.41. The molecule has 10 heteroatoms. The van der Waals surface area contributed by atoms with Crippen LogP contribution in [0.2, 0.25) is 0 Å². The van der Waals surface area contributed by atoms with Gasteiger partial charge in [0.15, 0.2) is 10.1 Å². The van der Waals surface area contributed by atoms with E-state index in [1.807, 2.05) is 0 Å². The van der Waals surface area contributed by atoms with E-state index in [1.54, 1.807) is 5.32 Å². The number of anilines is 1. The molecule has 116 valence electrons. The lowest BCUT2D eigenvalue weighted by atomic mass is 10.3. The van der Waals surface area contributed by atoms with Gasteiger partial charge in [-0.05, 0) is 12.1 Å². The van der Waals surface area contributed by atoms with Crippen LogP contribution in [0.1, 0.15) is 0 Å². The minimum Gasteiger partial charge on any atom is -0.743 e. The molecule has 1 atom stereocenters. The number of nitrogens with one attached hydrogen (secondary N) is 1. The molecular weight excluding hydrogens is 312 g/mol. The van der Waals surface area contributed by atoms with Crippen molar-refractivity contribution < 1.29 is 36.0 Å². The van der Waals surface area contributed by atoms with E-state index < -0.39 is 21.3 Å². The summed E-state index contributed by atoms with van der Waals surface area (Å²) in [5.41, 5.74) is -0.127. The molecule has 0 aliphatic carbocycles. The molecular formula is C11H10F2NO6S-. The third-order valence-corrected chi connectivity index (χ3v) is 3.32. The van der Waals surface area contributed by atoms with Crippen LogP contribution in [0, 0.1) is 0 Å². The van der Waals surface area contributed by atoms with Crippen LogP contribution in [0.15, 0.2) is 24.3 Å². The summed E-state index contributed by atoms with van der Waals surface area (Å²) in [6.07, 6.45) is -0.0156. The van der Waals surface area contributed by atoms with Crippen molar-refractivity contribution in [2.45, 2.75) is 11.4 Å². The fourth-order valence-corrected chi connectivity index (χ4v) is 1.61. The number of hydrogen-bond donors (Lipinski definition) is 1. The van der Waals surface area contributed by atoms with Crippen LogP contribution < -0.4 is 10.1 Å². The minimum atomic E-state index is -6.09. The monoisotopic (exact) mass is 322 g/mol. The molecule has 1 heterocycles. The number of hydrogen-bond acceptors (Lipinski definition) is 6. The van der Waals surface area contributed by atoms with Gasteiger partial charge in [0.2, 0.25) is 0 Å². The lowest BCUT2D eigenvalue weighted by molar-refractivity contribution is -0.130. The van der Waals surface area contributed by atoms with E-state index >= 15 is 0 Å². The van der Waals surface area contributed by atoms with Crippen molar-refractivity contribution in [1.29, 1.82) is 0 Å². The Hall–Kier alpha value is -1.78. The Balaban J connectivity index is 2.04. The number of epoxide rings is 1. The molecule has 2 rings (SSSR count). The molecule has 1 amide bonds. The summed E-state index contributed by atoms with van der Waals surface area (Å²) in [6, 6.07) is 5.38. The minimum absolute atomic E-state index is 0.0156. The molecule has 1 aliphatic heterocycles. The number of ether oxygens (including phenoxy) is 2. The average molecular weight is 322 g/mol. The molecule has 1 aliphatic rings. The normalized spacial score (nSPS) is 18.1. The summed E-state index contributed by atoms with van der Waals surface area (Å²) < 4.78 is 67.2. The molecule has 0 radical (unpaired) electrons. The standard InChI is InChI=1S/C11H11F2NO6S/c12-11(13,21(16,17)18)10(15)14-7-2-1-3-8(4-7)19-5-9-6-20-9/h1-4,9H,5-6H2,(H,14,15)(H,16,17,18)/p-1. The highest BCUT2D eigenvalue weighted by Crippen LogP contribution is 2.24. The molecule has 1 fully saturated rings. The largest absolute Gasteiger partial charge is 0.743 e. The predicted molar refractivity (Wildman–Crippen MR) is 65.0 cm³/mol. The van der Waals surface area contributed by atoms with Crippen LogP contribution in [0.5, 0.6) is 5.75 Å². The zero-order valence-electron chi connectivity index (χ0n) is 10.4. The lowest BCUT2D eigenvalue weighted by Gasteiger charge is -2.19. The predicted octanol–water partition coefficient (Wildman–Crippen LogP) is 0.541. The molecule has 0 spiro atoms. The number of alkyl halides is 2. The van der Waals surface area contributed by atoms with Crippen molar-refractivity contribution in [3.05, 3.63) is 24.3 Å². The number of rotatable bonds is 6. The fourth-order valence-electron chi connectivity index (χ4n) is 1.33. The molecule has 21 heavy (non-hydrogen) atoms. The number of amides is 1. The summed E-state index contributed by atoms with van der Waals surface area (Å²) in [6.45, 7) is 0.840. The SMILES string of the molecule is O=C(Nc1cccc(OCC2CO2)c1)C(F)(F)S(=O)(=O)[O-]. The van der Waals surface area contributed by atoms with E-state index in [-0.39, 0.29) is 24.1 Å². The first-order valence-electron chi connectivity index (χ1n) is 5.69. The first-order chi connectivity index (χ1) is 9.70. The van der Waals surface area contributed by atoms with Gasteiger partial charge in [-0.3, -0.25) is 4.79 Å². The van der Waals surface area contributed by atoms with E-state index in [0.29, 0.717) is 6.61 Å². The molecule has 7 nitrogen and oxygen atoms in total. The Morgan fingerprint density at radius 2 is 2.19 bits per heavy atom. The van der Waals surface area contributed by atoms with Crippen LogP contribution in [0.3, 0.4) is 0 Å². The average Bonchev–Trinajstić information content (AvgIpc) is 3.19. The molecule has 1 aromatic rings. The molecule has 1 N–H and O–H groups in total. The summed E-state index contributed by atoms with van der Waals surface area (Å²) in [5.74, 6) is -1.95. The van der Waals surface area contributed by atoms with Gasteiger partial charge in [-0.25, -0.2) is 8.42 Å². The number of carbonyl (C=O) groups excluding carboxylic acids is 1. The summed E-state index contributed by atoms with van der Waals surface area (Å²) in [4.78, 5) is 11.2.